The highest BCUT2D eigenvalue weighted by Gasteiger charge is 2.23. The van der Waals surface area contributed by atoms with Gasteiger partial charge < -0.3 is 4.52 Å². The van der Waals surface area contributed by atoms with E-state index in [0.29, 0.717) is 38.2 Å². The van der Waals surface area contributed by atoms with Crippen LogP contribution in [0.3, 0.4) is 0 Å². The van der Waals surface area contributed by atoms with Crippen molar-refractivity contribution in [3.63, 3.8) is 0 Å². The van der Waals surface area contributed by atoms with Crippen molar-refractivity contribution in [2.45, 2.75) is 33.1 Å². The van der Waals surface area contributed by atoms with Crippen molar-refractivity contribution in [1.82, 2.24) is 19.9 Å². The fourth-order valence-electron chi connectivity index (χ4n) is 3.26. The highest BCUT2D eigenvalue weighted by atomic mass is 35.5. The molecule has 0 atom stereocenters. The lowest BCUT2D eigenvalue weighted by molar-refractivity contribution is 0.375. The summed E-state index contributed by atoms with van der Waals surface area (Å²) >= 11 is 18.7. The number of nitrogens with zero attached hydrogens (tertiary/aromatic N) is 4. The maximum absolute atomic E-state index is 6.50. The molecule has 0 spiro atoms. The van der Waals surface area contributed by atoms with Crippen LogP contribution in [0.2, 0.25) is 15.1 Å². The Hall–Kier alpha value is -2.34. The summed E-state index contributed by atoms with van der Waals surface area (Å²) in [7, 11) is 0. The number of aryl methyl sites for hydroxylation is 1. The molecule has 0 amide bonds. The summed E-state index contributed by atoms with van der Waals surface area (Å²) in [5.41, 5.74) is 4.06. The standard InChI is InChI=1S/C22H19Cl3N4O/c1-3-4-5-19-26-22(28-30-19)20-13(2)21(14-6-8-15(23)9-7-14)29(27-20)18-11-10-16(24)12-17(18)25/h6-12H,3-5H2,1-2H3. The van der Waals surface area contributed by atoms with Crippen LogP contribution in [0.15, 0.2) is 47.0 Å². The molecule has 0 aliphatic rings. The van der Waals surface area contributed by atoms with Crippen molar-refractivity contribution in [2.24, 2.45) is 0 Å². The fraction of sp³-hybridized carbons (Fsp3) is 0.227. The Bertz CT molecular complexity index is 1180. The van der Waals surface area contributed by atoms with Crippen LogP contribution >= 0.6 is 34.8 Å². The Morgan fingerprint density at radius 1 is 1.00 bits per heavy atom. The van der Waals surface area contributed by atoms with E-state index in [9.17, 15) is 0 Å². The summed E-state index contributed by atoms with van der Waals surface area (Å²) in [6, 6.07) is 12.9. The van der Waals surface area contributed by atoms with Crippen molar-refractivity contribution in [2.75, 3.05) is 0 Å². The molecule has 0 unspecified atom stereocenters. The zero-order valence-electron chi connectivity index (χ0n) is 16.5. The molecule has 0 aliphatic carbocycles. The maximum atomic E-state index is 6.50. The van der Waals surface area contributed by atoms with Crippen molar-refractivity contribution < 1.29 is 4.52 Å². The van der Waals surface area contributed by atoms with Crippen LogP contribution < -0.4 is 0 Å². The molecule has 0 saturated carbocycles. The quantitative estimate of drug-likeness (QED) is 0.304. The third-order valence-electron chi connectivity index (χ3n) is 4.80. The van der Waals surface area contributed by atoms with E-state index in [1.54, 1.807) is 16.8 Å². The zero-order valence-corrected chi connectivity index (χ0v) is 18.8. The van der Waals surface area contributed by atoms with E-state index in [0.717, 1.165) is 36.1 Å². The molecule has 30 heavy (non-hydrogen) atoms. The number of benzene rings is 2. The van der Waals surface area contributed by atoms with E-state index in [1.165, 1.54) is 0 Å². The number of hydrogen-bond donors (Lipinski definition) is 0. The van der Waals surface area contributed by atoms with Crippen LogP contribution in [0.1, 0.15) is 31.2 Å². The molecule has 2 aromatic carbocycles. The number of rotatable bonds is 6. The third-order valence-corrected chi connectivity index (χ3v) is 5.59. The largest absolute Gasteiger partial charge is 0.339 e. The van der Waals surface area contributed by atoms with Gasteiger partial charge in [0.2, 0.25) is 11.7 Å². The first-order chi connectivity index (χ1) is 14.5. The van der Waals surface area contributed by atoms with Gasteiger partial charge in [-0.2, -0.15) is 10.1 Å². The number of unbranched alkanes of at least 4 members (excludes halogenated alkanes) is 1. The molecule has 0 radical (unpaired) electrons. The van der Waals surface area contributed by atoms with E-state index in [4.69, 9.17) is 44.4 Å². The molecule has 0 saturated heterocycles. The predicted octanol–water partition coefficient (Wildman–Crippen LogP) is 7.20. The topological polar surface area (TPSA) is 56.7 Å². The van der Waals surface area contributed by atoms with Crippen molar-refractivity contribution in [1.29, 1.82) is 0 Å². The number of hydrogen-bond acceptors (Lipinski definition) is 4. The molecule has 0 N–H and O–H groups in total. The molecule has 0 aliphatic heterocycles. The third kappa shape index (κ3) is 4.10. The van der Waals surface area contributed by atoms with Crippen LogP contribution in [-0.2, 0) is 6.42 Å². The number of halogens is 3. The zero-order chi connectivity index (χ0) is 21.3. The summed E-state index contributed by atoms with van der Waals surface area (Å²) in [4.78, 5) is 4.54. The molecule has 154 valence electrons. The molecule has 5 nitrogen and oxygen atoms in total. The minimum atomic E-state index is 0.456. The molecular formula is C22H19Cl3N4O. The Balaban J connectivity index is 1.89. The van der Waals surface area contributed by atoms with Gasteiger partial charge in [0.15, 0.2) is 0 Å². The van der Waals surface area contributed by atoms with Gasteiger partial charge in [-0.15, -0.1) is 0 Å². The highest BCUT2D eigenvalue weighted by Crippen LogP contribution is 2.35. The minimum absolute atomic E-state index is 0.456. The molecule has 2 heterocycles. The monoisotopic (exact) mass is 460 g/mol. The lowest BCUT2D eigenvalue weighted by Crippen LogP contribution is -2.00. The SMILES string of the molecule is CCCCc1nc(-c2nn(-c3ccc(Cl)cc3Cl)c(-c3ccc(Cl)cc3)c2C)no1. The summed E-state index contributed by atoms with van der Waals surface area (Å²) in [5.74, 6) is 1.07. The fourth-order valence-corrected chi connectivity index (χ4v) is 3.88. The minimum Gasteiger partial charge on any atom is -0.339 e. The smallest absolute Gasteiger partial charge is 0.227 e. The Kier molecular flexibility index (Phi) is 6.14. The Morgan fingerprint density at radius 2 is 1.73 bits per heavy atom. The molecule has 4 aromatic rings. The van der Waals surface area contributed by atoms with Crippen LogP contribution in [0.25, 0.3) is 28.5 Å². The lowest BCUT2D eigenvalue weighted by atomic mass is 10.1. The van der Waals surface area contributed by atoms with E-state index in [2.05, 4.69) is 17.1 Å². The predicted molar refractivity (Wildman–Crippen MR) is 121 cm³/mol. The average Bonchev–Trinajstić information content (AvgIpc) is 3.32. The van der Waals surface area contributed by atoms with Gasteiger partial charge in [0, 0.05) is 27.6 Å². The van der Waals surface area contributed by atoms with Crippen molar-refractivity contribution >= 4 is 34.8 Å². The first-order valence-corrected chi connectivity index (χ1v) is 10.7. The van der Waals surface area contributed by atoms with Crippen LogP contribution in [0.5, 0.6) is 0 Å². The van der Waals surface area contributed by atoms with Gasteiger partial charge in [-0.1, -0.05) is 65.4 Å². The molecule has 2 aromatic heterocycles. The van der Waals surface area contributed by atoms with Crippen LogP contribution in [0, 0.1) is 6.92 Å². The highest BCUT2D eigenvalue weighted by molar-refractivity contribution is 6.35. The molecule has 0 fully saturated rings. The molecule has 4 rings (SSSR count). The van der Waals surface area contributed by atoms with Gasteiger partial charge in [-0.25, -0.2) is 4.68 Å². The molecular weight excluding hydrogens is 443 g/mol. The van der Waals surface area contributed by atoms with E-state index < -0.39 is 0 Å². The van der Waals surface area contributed by atoms with Gasteiger partial charge in [-0.3, -0.25) is 0 Å². The lowest BCUT2D eigenvalue weighted by Gasteiger charge is -2.11. The number of aromatic nitrogens is 4. The summed E-state index contributed by atoms with van der Waals surface area (Å²) in [6.45, 7) is 4.10. The molecule has 8 heteroatoms. The van der Waals surface area contributed by atoms with Gasteiger partial charge in [0.25, 0.3) is 0 Å². The van der Waals surface area contributed by atoms with Gasteiger partial charge in [0.1, 0.15) is 5.69 Å². The van der Waals surface area contributed by atoms with E-state index >= 15 is 0 Å². The van der Waals surface area contributed by atoms with Crippen LogP contribution in [0.4, 0.5) is 0 Å². The summed E-state index contributed by atoms with van der Waals surface area (Å²) < 4.78 is 7.21. The summed E-state index contributed by atoms with van der Waals surface area (Å²) in [6.07, 6.45) is 2.79. The van der Waals surface area contributed by atoms with Crippen LogP contribution in [-0.4, -0.2) is 19.9 Å². The Labute approximate surface area is 189 Å². The maximum Gasteiger partial charge on any atom is 0.227 e. The first-order valence-electron chi connectivity index (χ1n) is 9.62. The van der Waals surface area contributed by atoms with Gasteiger partial charge in [-0.05, 0) is 43.7 Å². The first kappa shape index (κ1) is 20.9. The second-order valence-corrected chi connectivity index (χ2v) is 8.23. The van der Waals surface area contributed by atoms with Gasteiger partial charge in [0.05, 0.1) is 16.4 Å². The second-order valence-electron chi connectivity index (χ2n) is 6.95. The molecule has 0 bridgehead atoms. The summed E-state index contributed by atoms with van der Waals surface area (Å²) in [5, 5.41) is 10.7. The average molecular weight is 462 g/mol. The van der Waals surface area contributed by atoms with Gasteiger partial charge >= 0.3 is 0 Å². The second kappa shape index (κ2) is 8.80. The van der Waals surface area contributed by atoms with E-state index in [-0.39, 0.29) is 0 Å². The van der Waals surface area contributed by atoms with Crippen molar-refractivity contribution in [3.8, 4) is 28.5 Å². The Morgan fingerprint density at radius 3 is 2.43 bits per heavy atom. The van der Waals surface area contributed by atoms with Crippen molar-refractivity contribution in [3.05, 3.63) is 69.0 Å². The van der Waals surface area contributed by atoms with E-state index in [1.807, 2.05) is 37.3 Å². The normalized spacial score (nSPS) is 11.2.